The maximum absolute atomic E-state index is 3.63. The van der Waals surface area contributed by atoms with Gasteiger partial charge in [0.2, 0.25) is 0 Å². The summed E-state index contributed by atoms with van der Waals surface area (Å²) in [5.74, 6) is 1.26. The van der Waals surface area contributed by atoms with Gasteiger partial charge in [-0.1, -0.05) is 35.0 Å². The van der Waals surface area contributed by atoms with Crippen molar-refractivity contribution in [3.05, 3.63) is 34.3 Å². The van der Waals surface area contributed by atoms with Crippen molar-refractivity contribution in [1.82, 2.24) is 10.2 Å². The Bertz CT molecular complexity index is 450. The molecule has 1 N–H and O–H groups in total. The molecule has 118 valence electrons. The van der Waals surface area contributed by atoms with Gasteiger partial charge in [-0.05, 0) is 44.5 Å². The zero-order valence-electron chi connectivity index (χ0n) is 13.4. The highest BCUT2D eigenvalue weighted by atomic mass is 79.9. The summed E-state index contributed by atoms with van der Waals surface area (Å²) in [6.07, 6.45) is 1.17. The van der Waals surface area contributed by atoms with Crippen molar-refractivity contribution in [2.45, 2.75) is 38.0 Å². The summed E-state index contributed by atoms with van der Waals surface area (Å²) in [6, 6.07) is 9.14. The minimum absolute atomic E-state index is 0.404. The van der Waals surface area contributed by atoms with Crippen molar-refractivity contribution in [3.63, 3.8) is 0 Å². The summed E-state index contributed by atoms with van der Waals surface area (Å²) >= 11 is 5.69. The normalized spacial score (nSPS) is 20.4. The van der Waals surface area contributed by atoms with E-state index in [1.54, 1.807) is 0 Å². The quantitative estimate of drug-likeness (QED) is 0.802. The second-order valence-corrected chi connectivity index (χ2v) is 9.06. The number of nitrogens with zero attached hydrogens (tertiary/aromatic N) is 1. The minimum atomic E-state index is 0.404. The summed E-state index contributed by atoms with van der Waals surface area (Å²) in [5.41, 5.74) is 1.39. The number of halogens is 1. The topological polar surface area (TPSA) is 15.3 Å². The van der Waals surface area contributed by atoms with Crippen LogP contribution in [0, 0.1) is 0 Å². The molecule has 1 aromatic carbocycles. The van der Waals surface area contributed by atoms with Crippen LogP contribution in [0.25, 0.3) is 0 Å². The first-order valence-electron chi connectivity index (χ1n) is 7.85. The summed E-state index contributed by atoms with van der Waals surface area (Å²) in [4.78, 5) is 2.62. The Morgan fingerprint density at radius 3 is 2.90 bits per heavy atom. The third-order valence-electron chi connectivity index (χ3n) is 3.94. The monoisotopic (exact) mass is 370 g/mol. The first-order chi connectivity index (χ1) is 10.00. The average Bonchev–Trinajstić information content (AvgIpc) is 2.42. The van der Waals surface area contributed by atoms with Crippen LogP contribution < -0.4 is 5.32 Å². The molecular weight excluding hydrogens is 344 g/mol. The predicted octanol–water partition coefficient (Wildman–Crippen LogP) is 4.32. The lowest BCUT2D eigenvalue weighted by atomic mass is 10.0. The Morgan fingerprint density at radius 1 is 1.43 bits per heavy atom. The summed E-state index contributed by atoms with van der Waals surface area (Å²) in [5, 5.41) is 3.63. The van der Waals surface area contributed by atoms with E-state index in [2.05, 4.69) is 82.9 Å². The van der Waals surface area contributed by atoms with Gasteiger partial charge >= 0.3 is 0 Å². The van der Waals surface area contributed by atoms with E-state index < -0.39 is 0 Å². The van der Waals surface area contributed by atoms with E-state index in [1.165, 1.54) is 41.8 Å². The largest absolute Gasteiger partial charge is 0.310 e. The zero-order chi connectivity index (χ0) is 15.3. The molecule has 0 radical (unpaired) electrons. The predicted molar refractivity (Wildman–Crippen MR) is 98.2 cm³/mol. The van der Waals surface area contributed by atoms with Gasteiger partial charge in [-0.2, -0.15) is 11.8 Å². The third-order valence-corrected chi connectivity index (χ3v) is 5.73. The number of benzene rings is 1. The van der Waals surface area contributed by atoms with Crippen LogP contribution in [0.1, 0.15) is 38.8 Å². The number of rotatable bonds is 6. The van der Waals surface area contributed by atoms with Crippen LogP contribution in [0.3, 0.4) is 0 Å². The standard InChI is InChI=1S/C17H27BrN2S/c1-4-19-16(14-6-5-7-15(18)12-14)8-9-20-10-11-21-17(2,3)13-20/h5-7,12,16,19H,4,8-11,13H2,1-3H3. The molecule has 2 rings (SSSR count). The summed E-state index contributed by atoms with van der Waals surface area (Å²) < 4.78 is 1.57. The lowest BCUT2D eigenvalue weighted by Crippen LogP contribution is -2.44. The molecule has 1 aliphatic rings. The number of nitrogens with one attached hydrogen (secondary N) is 1. The van der Waals surface area contributed by atoms with Gasteiger partial charge in [-0.25, -0.2) is 0 Å². The molecule has 0 aromatic heterocycles. The molecule has 1 heterocycles. The highest BCUT2D eigenvalue weighted by molar-refractivity contribution is 9.10. The molecule has 21 heavy (non-hydrogen) atoms. The van der Waals surface area contributed by atoms with Gasteiger partial charge in [-0.15, -0.1) is 0 Å². The van der Waals surface area contributed by atoms with Crippen molar-refractivity contribution in [2.75, 3.05) is 31.9 Å². The summed E-state index contributed by atoms with van der Waals surface area (Å²) in [7, 11) is 0. The van der Waals surface area contributed by atoms with Crippen molar-refractivity contribution in [1.29, 1.82) is 0 Å². The first kappa shape index (κ1) is 17.3. The maximum atomic E-state index is 3.63. The van der Waals surface area contributed by atoms with E-state index in [1.807, 2.05) is 0 Å². The molecule has 1 fully saturated rings. The van der Waals surface area contributed by atoms with Crippen LogP contribution >= 0.6 is 27.7 Å². The fraction of sp³-hybridized carbons (Fsp3) is 0.647. The fourth-order valence-corrected chi connectivity index (χ4v) is 4.57. The molecular formula is C17H27BrN2S. The molecule has 0 aliphatic carbocycles. The third kappa shape index (κ3) is 5.59. The fourth-order valence-electron chi connectivity index (χ4n) is 2.97. The van der Waals surface area contributed by atoms with Crippen LogP contribution in [0.2, 0.25) is 0 Å². The second-order valence-electron chi connectivity index (χ2n) is 6.34. The van der Waals surface area contributed by atoms with E-state index in [4.69, 9.17) is 0 Å². The molecule has 2 nitrogen and oxygen atoms in total. The van der Waals surface area contributed by atoms with Crippen molar-refractivity contribution < 1.29 is 0 Å². The number of hydrogen-bond donors (Lipinski definition) is 1. The van der Waals surface area contributed by atoms with Gasteiger partial charge in [-0.3, -0.25) is 0 Å². The Balaban J connectivity index is 1.94. The van der Waals surface area contributed by atoms with E-state index >= 15 is 0 Å². The molecule has 0 spiro atoms. The van der Waals surface area contributed by atoms with E-state index in [0.29, 0.717) is 10.8 Å². The van der Waals surface area contributed by atoms with Crippen molar-refractivity contribution in [3.8, 4) is 0 Å². The molecule has 0 amide bonds. The van der Waals surface area contributed by atoms with Crippen LogP contribution in [-0.4, -0.2) is 41.6 Å². The molecule has 1 aliphatic heterocycles. The molecule has 1 unspecified atom stereocenters. The molecule has 4 heteroatoms. The minimum Gasteiger partial charge on any atom is -0.310 e. The Labute approximate surface area is 142 Å². The Morgan fingerprint density at radius 2 is 2.24 bits per heavy atom. The Hall–Kier alpha value is -0.0300. The molecule has 1 saturated heterocycles. The highest BCUT2D eigenvalue weighted by Crippen LogP contribution is 2.30. The van der Waals surface area contributed by atoms with E-state index in [-0.39, 0.29) is 0 Å². The van der Waals surface area contributed by atoms with E-state index in [0.717, 1.165) is 6.54 Å². The first-order valence-corrected chi connectivity index (χ1v) is 9.63. The summed E-state index contributed by atoms with van der Waals surface area (Å²) in [6.45, 7) is 11.5. The van der Waals surface area contributed by atoms with Gasteiger partial charge in [0.1, 0.15) is 0 Å². The van der Waals surface area contributed by atoms with Crippen molar-refractivity contribution in [2.24, 2.45) is 0 Å². The molecule has 1 atom stereocenters. The van der Waals surface area contributed by atoms with Gasteiger partial charge < -0.3 is 10.2 Å². The van der Waals surface area contributed by atoms with Gasteiger partial charge in [0.25, 0.3) is 0 Å². The van der Waals surface area contributed by atoms with Crippen molar-refractivity contribution >= 4 is 27.7 Å². The zero-order valence-corrected chi connectivity index (χ0v) is 15.8. The Kier molecular flexibility index (Phi) is 6.60. The SMILES string of the molecule is CCNC(CCN1CCSC(C)(C)C1)c1cccc(Br)c1. The molecule has 0 bridgehead atoms. The number of hydrogen-bond acceptors (Lipinski definition) is 3. The smallest absolute Gasteiger partial charge is 0.0332 e. The van der Waals surface area contributed by atoms with Crippen LogP contribution in [0.5, 0.6) is 0 Å². The highest BCUT2D eigenvalue weighted by Gasteiger charge is 2.27. The maximum Gasteiger partial charge on any atom is 0.0332 e. The van der Waals surface area contributed by atoms with Crippen LogP contribution in [-0.2, 0) is 0 Å². The van der Waals surface area contributed by atoms with E-state index in [9.17, 15) is 0 Å². The van der Waals surface area contributed by atoms with Gasteiger partial charge in [0.05, 0.1) is 0 Å². The lowest BCUT2D eigenvalue weighted by molar-refractivity contribution is 0.245. The van der Waals surface area contributed by atoms with Crippen LogP contribution in [0.4, 0.5) is 0 Å². The average molecular weight is 371 g/mol. The van der Waals surface area contributed by atoms with Crippen LogP contribution in [0.15, 0.2) is 28.7 Å². The molecule has 0 saturated carbocycles. The number of thioether (sulfide) groups is 1. The van der Waals surface area contributed by atoms with Gasteiger partial charge in [0.15, 0.2) is 0 Å². The van der Waals surface area contributed by atoms with Gasteiger partial charge in [0, 0.05) is 40.6 Å². The molecule has 1 aromatic rings. The lowest BCUT2D eigenvalue weighted by Gasteiger charge is -2.38. The second kappa shape index (κ2) is 8.00.